The number of rotatable bonds is 2. The molecule has 1 aliphatic rings. The van der Waals surface area contributed by atoms with Crippen LogP contribution in [0.25, 0.3) is 16.8 Å². The van der Waals surface area contributed by atoms with Crippen molar-refractivity contribution in [2.75, 3.05) is 18.0 Å². The van der Waals surface area contributed by atoms with Crippen molar-refractivity contribution in [2.24, 2.45) is 0 Å². The van der Waals surface area contributed by atoms with Gasteiger partial charge in [-0.25, -0.2) is 14.3 Å². The van der Waals surface area contributed by atoms with Gasteiger partial charge in [0, 0.05) is 24.8 Å². The zero-order chi connectivity index (χ0) is 24.8. The van der Waals surface area contributed by atoms with Crippen LogP contribution in [0, 0.1) is 0 Å². The normalized spacial score (nSPS) is 19.5. The molecule has 0 unspecified atom stereocenters. The van der Waals surface area contributed by atoms with Crippen LogP contribution in [0.3, 0.4) is 0 Å². The number of nitrogens with zero attached hydrogens (tertiary/aromatic N) is 5. The summed E-state index contributed by atoms with van der Waals surface area (Å²) in [5, 5.41) is 4.18. The summed E-state index contributed by atoms with van der Waals surface area (Å²) < 4.78 is 46.7. The Bertz CT molecular complexity index is 1190. The van der Waals surface area contributed by atoms with Crippen molar-refractivity contribution in [3.8, 4) is 11.3 Å². The fourth-order valence-electron chi connectivity index (χ4n) is 4.29. The third kappa shape index (κ3) is 4.80. The lowest BCUT2D eigenvalue weighted by atomic mass is 10.1. The van der Waals surface area contributed by atoms with E-state index in [1.54, 1.807) is 11.0 Å². The molecule has 34 heavy (non-hydrogen) atoms. The Balaban J connectivity index is 1.60. The van der Waals surface area contributed by atoms with Gasteiger partial charge in [0.1, 0.15) is 11.4 Å². The second kappa shape index (κ2) is 8.48. The molecule has 3 aromatic rings. The van der Waals surface area contributed by atoms with Crippen LogP contribution >= 0.6 is 0 Å². The van der Waals surface area contributed by atoms with Crippen LogP contribution in [-0.4, -0.2) is 56.4 Å². The van der Waals surface area contributed by atoms with Crippen LogP contribution in [0.15, 0.2) is 42.7 Å². The SMILES string of the molecule is C[C@@H]1CN(c2cccc(-c3cnn4ccc(C(F)(F)F)cc34)n2)C[C@H](C)N1C(=O)OC(C)(C)C. The maximum atomic E-state index is 13.2. The number of carbonyl (C=O) groups excluding carboxylic acids is 1. The number of alkyl halides is 3. The first-order valence-corrected chi connectivity index (χ1v) is 11.1. The first-order chi connectivity index (χ1) is 15.8. The molecule has 3 aromatic heterocycles. The summed E-state index contributed by atoms with van der Waals surface area (Å²) in [5.41, 5.74) is 0.0575. The number of fused-ring (bicyclic) bond motifs is 1. The first-order valence-electron chi connectivity index (χ1n) is 11.1. The maximum Gasteiger partial charge on any atom is 0.416 e. The van der Waals surface area contributed by atoms with Crippen molar-refractivity contribution in [1.29, 1.82) is 0 Å². The minimum Gasteiger partial charge on any atom is -0.444 e. The maximum absolute atomic E-state index is 13.2. The second-order valence-corrected chi connectivity index (χ2v) is 9.67. The smallest absolute Gasteiger partial charge is 0.416 e. The molecule has 1 fully saturated rings. The number of amides is 1. The molecule has 0 radical (unpaired) electrons. The largest absolute Gasteiger partial charge is 0.444 e. The Hall–Kier alpha value is -3.30. The summed E-state index contributed by atoms with van der Waals surface area (Å²) >= 11 is 0. The van der Waals surface area contributed by atoms with E-state index in [0.717, 1.165) is 12.1 Å². The van der Waals surface area contributed by atoms with Gasteiger partial charge < -0.3 is 9.64 Å². The van der Waals surface area contributed by atoms with Crippen LogP contribution in [0.1, 0.15) is 40.2 Å². The predicted octanol–water partition coefficient (Wildman–Crippen LogP) is 5.25. The van der Waals surface area contributed by atoms with E-state index >= 15 is 0 Å². The summed E-state index contributed by atoms with van der Waals surface area (Å²) in [6, 6.07) is 7.29. The number of aromatic nitrogens is 3. The third-order valence-electron chi connectivity index (χ3n) is 5.71. The molecule has 1 aliphatic heterocycles. The molecule has 0 aliphatic carbocycles. The highest BCUT2D eigenvalue weighted by Crippen LogP contribution is 2.33. The van der Waals surface area contributed by atoms with Gasteiger partial charge in [0.2, 0.25) is 0 Å². The number of hydrogen-bond acceptors (Lipinski definition) is 5. The number of hydrogen-bond donors (Lipinski definition) is 0. The number of carbonyl (C=O) groups is 1. The Kier molecular flexibility index (Phi) is 5.95. The fourth-order valence-corrected chi connectivity index (χ4v) is 4.29. The number of halogens is 3. The predicted molar refractivity (Wildman–Crippen MR) is 123 cm³/mol. The van der Waals surface area contributed by atoms with Crippen molar-refractivity contribution in [3.05, 3.63) is 48.3 Å². The van der Waals surface area contributed by atoms with E-state index in [4.69, 9.17) is 9.72 Å². The molecule has 0 N–H and O–H groups in total. The van der Waals surface area contributed by atoms with Crippen molar-refractivity contribution >= 4 is 17.4 Å². The van der Waals surface area contributed by atoms with E-state index in [9.17, 15) is 18.0 Å². The summed E-state index contributed by atoms with van der Waals surface area (Å²) in [4.78, 5) is 21.2. The molecule has 0 aromatic carbocycles. The molecule has 7 nitrogen and oxygen atoms in total. The summed E-state index contributed by atoms with van der Waals surface area (Å²) in [6.07, 6.45) is -1.97. The van der Waals surface area contributed by atoms with Crippen LogP contribution < -0.4 is 4.90 Å². The van der Waals surface area contributed by atoms with E-state index in [2.05, 4.69) is 10.00 Å². The average Bonchev–Trinajstić information content (AvgIpc) is 3.14. The Morgan fingerprint density at radius 2 is 1.76 bits per heavy atom. The van der Waals surface area contributed by atoms with Gasteiger partial charge in [-0.3, -0.25) is 4.90 Å². The average molecular weight is 476 g/mol. The molecular formula is C24H28F3N5O2. The van der Waals surface area contributed by atoms with E-state index in [-0.39, 0.29) is 18.2 Å². The lowest BCUT2D eigenvalue weighted by molar-refractivity contribution is -0.137. The van der Waals surface area contributed by atoms with Gasteiger partial charge in [-0.2, -0.15) is 18.3 Å². The topological polar surface area (TPSA) is 63.0 Å². The van der Waals surface area contributed by atoms with Crippen LogP contribution in [-0.2, 0) is 10.9 Å². The molecule has 1 amide bonds. The Morgan fingerprint density at radius 3 is 2.38 bits per heavy atom. The first kappa shape index (κ1) is 23.8. The molecule has 10 heteroatoms. The number of ether oxygens (including phenoxy) is 1. The van der Waals surface area contributed by atoms with Gasteiger partial charge in [-0.1, -0.05) is 6.07 Å². The van der Waals surface area contributed by atoms with Gasteiger partial charge >= 0.3 is 12.3 Å². The van der Waals surface area contributed by atoms with Crippen molar-refractivity contribution in [1.82, 2.24) is 19.5 Å². The Morgan fingerprint density at radius 1 is 1.09 bits per heavy atom. The van der Waals surface area contributed by atoms with Gasteiger partial charge in [-0.15, -0.1) is 0 Å². The fraction of sp³-hybridized carbons (Fsp3) is 0.458. The second-order valence-electron chi connectivity index (χ2n) is 9.67. The lowest BCUT2D eigenvalue weighted by Gasteiger charge is -2.44. The van der Waals surface area contributed by atoms with E-state index in [1.165, 1.54) is 16.9 Å². The highest BCUT2D eigenvalue weighted by atomic mass is 19.4. The number of piperazine rings is 1. The van der Waals surface area contributed by atoms with Crippen molar-refractivity contribution < 1.29 is 22.7 Å². The summed E-state index contributed by atoms with van der Waals surface area (Å²) in [5.74, 6) is 0.686. The minimum absolute atomic E-state index is 0.115. The zero-order valence-corrected chi connectivity index (χ0v) is 19.8. The molecule has 2 atom stereocenters. The minimum atomic E-state index is -4.45. The molecule has 4 heterocycles. The third-order valence-corrected chi connectivity index (χ3v) is 5.71. The molecule has 0 bridgehead atoms. The zero-order valence-electron chi connectivity index (χ0n) is 19.8. The van der Waals surface area contributed by atoms with Crippen LogP contribution in [0.2, 0.25) is 0 Å². The summed E-state index contributed by atoms with van der Waals surface area (Å²) in [7, 11) is 0. The van der Waals surface area contributed by atoms with Crippen molar-refractivity contribution in [3.63, 3.8) is 0 Å². The lowest BCUT2D eigenvalue weighted by Crippen LogP contribution is -2.59. The van der Waals surface area contributed by atoms with E-state index in [1.807, 2.05) is 46.8 Å². The number of pyridine rings is 2. The standard InChI is InChI=1S/C24H28F3N5O2/c1-15-13-30(14-16(2)32(15)22(33)34-23(3,4)5)21-8-6-7-19(29-21)18-12-28-31-10-9-17(11-20(18)31)24(25,26)27/h6-12,15-16H,13-14H2,1-5H3/t15-,16+. The van der Waals surface area contributed by atoms with Crippen LogP contribution in [0.4, 0.5) is 23.8 Å². The van der Waals surface area contributed by atoms with Gasteiger partial charge in [-0.05, 0) is 58.9 Å². The molecular weight excluding hydrogens is 447 g/mol. The van der Waals surface area contributed by atoms with Crippen molar-refractivity contribution in [2.45, 2.75) is 58.5 Å². The van der Waals surface area contributed by atoms with Gasteiger partial charge in [0.25, 0.3) is 0 Å². The molecule has 4 rings (SSSR count). The van der Waals surface area contributed by atoms with Crippen LogP contribution in [0.5, 0.6) is 0 Å². The quantitative estimate of drug-likeness (QED) is 0.507. The highest BCUT2D eigenvalue weighted by molar-refractivity contribution is 5.79. The number of anilines is 1. The van der Waals surface area contributed by atoms with Gasteiger partial charge in [0.15, 0.2) is 0 Å². The Labute approximate surface area is 196 Å². The molecule has 182 valence electrons. The monoisotopic (exact) mass is 475 g/mol. The highest BCUT2D eigenvalue weighted by Gasteiger charge is 2.36. The molecule has 0 spiro atoms. The molecule has 0 saturated carbocycles. The van der Waals surface area contributed by atoms with Gasteiger partial charge in [0.05, 0.1) is 35.1 Å². The summed E-state index contributed by atoms with van der Waals surface area (Å²) in [6.45, 7) is 10.5. The molecule has 1 saturated heterocycles. The van der Waals surface area contributed by atoms with E-state index < -0.39 is 17.3 Å². The van der Waals surface area contributed by atoms with E-state index in [0.29, 0.717) is 35.7 Å².